The molecule has 0 unspecified atom stereocenters. The van der Waals surface area contributed by atoms with Gasteiger partial charge in [-0.15, -0.1) is 0 Å². The SMILES string of the molecule is CCOCC(=O)N[C@H](Cc1ccc(Cl)cc1Cl)C(=O)OC. The first-order valence-corrected chi connectivity index (χ1v) is 7.12. The number of esters is 1. The van der Waals surface area contributed by atoms with E-state index in [9.17, 15) is 9.59 Å². The molecule has 0 fully saturated rings. The zero-order valence-corrected chi connectivity index (χ0v) is 13.3. The molecule has 7 heteroatoms. The Labute approximate surface area is 133 Å². The zero-order chi connectivity index (χ0) is 15.8. The van der Waals surface area contributed by atoms with Crippen LogP contribution in [0.2, 0.25) is 10.0 Å². The summed E-state index contributed by atoms with van der Waals surface area (Å²) in [6.45, 7) is 2.08. The van der Waals surface area contributed by atoms with Crippen LogP contribution < -0.4 is 5.32 Å². The smallest absolute Gasteiger partial charge is 0.328 e. The van der Waals surface area contributed by atoms with Gasteiger partial charge in [0.05, 0.1) is 7.11 Å². The van der Waals surface area contributed by atoms with E-state index in [2.05, 4.69) is 10.1 Å². The lowest BCUT2D eigenvalue weighted by atomic mass is 10.1. The number of ether oxygens (including phenoxy) is 2. The van der Waals surface area contributed by atoms with E-state index in [0.717, 1.165) is 0 Å². The third kappa shape index (κ3) is 5.91. The van der Waals surface area contributed by atoms with Gasteiger partial charge in [0.15, 0.2) is 0 Å². The standard InChI is InChI=1S/C14H17Cl2NO4/c1-3-21-8-13(18)17-12(14(19)20-2)6-9-4-5-10(15)7-11(9)16/h4-5,7,12H,3,6,8H2,1-2H3,(H,17,18)/t12-/m1/s1. The van der Waals surface area contributed by atoms with Crippen LogP contribution in [0.4, 0.5) is 0 Å². The van der Waals surface area contributed by atoms with Crippen molar-refractivity contribution in [3.05, 3.63) is 33.8 Å². The number of carbonyl (C=O) groups is 2. The molecule has 1 N–H and O–H groups in total. The van der Waals surface area contributed by atoms with Gasteiger partial charge in [-0.1, -0.05) is 29.3 Å². The molecule has 116 valence electrons. The van der Waals surface area contributed by atoms with Crippen molar-refractivity contribution in [2.45, 2.75) is 19.4 Å². The van der Waals surface area contributed by atoms with E-state index in [0.29, 0.717) is 22.2 Å². The van der Waals surface area contributed by atoms with Crippen LogP contribution in [-0.2, 0) is 25.5 Å². The summed E-state index contributed by atoms with van der Waals surface area (Å²) in [5.41, 5.74) is 0.688. The molecule has 0 aliphatic rings. The lowest BCUT2D eigenvalue weighted by Gasteiger charge is -2.17. The van der Waals surface area contributed by atoms with Crippen LogP contribution in [-0.4, -0.2) is 38.2 Å². The van der Waals surface area contributed by atoms with E-state index in [1.54, 1.807) is 25.1 Å². The third-order valence-electron chi connectivity index (χ3n) is 2.70. The second-order valence-electron chi connectivity index (χ2n) is 4.22. The topological polar surface area (TPSA) is 64.6 Å². The number of carbonyl (C=O) groups excluding carboxylic acids is 2. The van der Waals surface area contributed by atoms with Gasteiger partial charge in [-0.05, 0) is 24.6 Å². The van der Waals surface area contributed by atoms with Gasteiger partial charge in [-0.25, -0.2) is 4.79 Å². The summed E-state index contributed by atoms with van der Waals surface area (Å²) in [5, 5.41) is 3.49. The Balaban J connectivity index is 2.78. The van der Waals surface area contributed by atoms with Crippen LogP contribution in [0.1, 0.15) is 12.5 Å². The molecule has 1 atom stereocenters. The van der Waals surface area contributed by atoms with E-state index in [4.69, 9.17) is 27.9 Å². The molecule has 0 saturated carbocycles. The van der Waals surface area contributed by atoms with Crippen LogP contribution >= 0.6 is 23.2 Å². The second kappa shape index (κ2) is 8.87. The average molecular weight is 334 g/mol. The first-order chi connectivity index (χ1) is 9.97. The molecule has 0 bridgehead atoms. The first-order valence-electron chi connectivity index (χ1n) is 6.36. The summed E-state index contributed by atoms with van der Waals surface area (Å²) in [6, 6.07) is 4.12. The minimum atomic E-state index is -0.832. The van der Waals surface area contributed by atoms with Crippen LogP contribution in [0.3, 0.4) is 0 Å². The van der Waals surface area contributed by atoms with Gasteiger partial charge in [0.2, 0.25) is 5.91 Å². The molecule has 1 rings (SSSR count). The normalized spacial score (nSPS) is 11.8. The molecule has 0 spiro atoms. The second-order valence-corrected chi connectivity index (χ2v) is 5.06. The monoisotopic (exact) mass is 333 g/mol. The van der Waals surface area contributed by atoms with Gasteiger partial charge in [0.25, 0.3) is 0 Å². The summed E-state index contributed by atoms with van der Waals surface area (Å²) < 4.78 is 9.68. The van der Waals surface area contributed by atoms with Crippen molar-refractivity contribution in [3.8, 4) is 0 Å². The quantitative estimate of drug-likeness (QED) is 0.777. The van der Waals surface area contributed by atoms with Gasteiger partial charge in [0.1, 0.15) is 12.6 Å². The van der Waals surface area contributed by atoms with Gasteiger partial charge in [-0.3, -0.25) is 4.79 Å². The van der Waals surface area contributed by atoms with Gasteiger partial charge in [0, 0.05) is 23.1 Å². The predicted octanol–water partition coefficient (Wildman–Crippen LogP) is 2.23. The zero-order valence-electron chi connectivity index (χ0n) is 11.8. The molecule has 1 amide bonds. The molecule has 21 heavy (non-hydrogen) atoms. The lowest BCUT2D eigenvalue weighted by molar-refractivity contribution is -0.145. The molecule has 0 aliphatic carbocycles. The number of rotatable bonds is 7. The first kappa shape index (κ1) is 17.8. The van der Waals surface area contributed by atoms with E-state index >= 15 is 0 Å². The van der Waals surface area contributed by atoms with Crippen molar-refractivity contribution in [1.29, 1.82) is 0 Å². The van der Waals surface area contributed by atoms with Crippen LogP contribution in [0.25, 0.3) is 0 Å². The molecule has 0 aromatic heterocycles. The molecule has 0 aliphatic heterocycles. The highest BCUT2D eigenvalue weighted by Crippen LogP contribution is 2.22. The van der Waals surface area contributed by atoms with Gasteiger partial charge < -0.3 is 14.8 Å². The van der Waals surface area contributed by atoms with Crippen molar-refractivity contribution in [2.75, 3.05) is 20.3 Å². The van der Waals surface area contributed by atoms with Crippen molar-refractivity contribution >= 4 is 35.1 Å². The highest BCUT2D eigenvalue weighted by molar-refractivity contribution is 6.35. The number of nitrogens with one attached hydrogen (secondary N) is 1. The highest BCUT2D eigenvalue weighted by Gasteiger charge is 2.23. The van der Waals surface area contributed by atoms with Crippen molar-refractivity contribution in [2.24, 2.45) is 0 Å². The summed E-state index contributed by atoms with van der Waals surface area (Å²) in [5.74, 6) is -0.941. The fraction of sp³-hybridized carbons (Fsp3) is 0.429. The molecule has 5 nitrogen and oxygen atoms in total. The van der Waals surface area contributed by atoms with Crippen molar-refractivity contribution in [1.82, 2.24) is 5.32 Å². The van der Waals surface area contributed by atoms with Crippen molar-refractivity contribution in [3.63, 3.8) is 0 Å². The molecule has 1 aromatic carbocycles. The Hall–Kier alpha value is -1.30. The van der Waals surface area contributed by atoms with Crippen LogP contribution in [0, 0.1) is 0 Å². The molecule has 1 aromatic rings. The summed E-state index contributed by atoms with van der Waals surface area (Å²) in [4.78, 5) is 23.4. The van der Waals surface area contributed by atoms with E-state index in [1.165, 1.54) is 7.11 Å². The summed E-state index contributed by atoms with van der Waals surface area (Å²) >= 11 is 11.9. The van der Waals surface area contributed by atoms with Gasteiger partial charge >= 0.3 is 5.97 Å². The Morgan fingerprint density at radius 3 is 2.62 bits per heavy atom. The van der Waals surface area contributed by atoms with Gasteiger partial charge in [-0.2, -0.15) is 0 Å². The number of benzene rings is 1. The Bertz CT molecular complexity index is 508. The minimum Gasteiger partial charge on any atom is -0.467 e. The Morgan fingerprint density at radius 2 is 2.05 bits per heavy atom. The molecule has 0 saturated heterocycles. The van der Waals surface area contributed by atoms with E-state index in [1.807, 2.05) is 0 Å². The van der Waals surface area contributed by atoms with E-state index in [-0.39, 0.29) is 13.0 Å². The third-order valence-corrected chi connectivity index (χ3v) is 3.28. The van der Waals surface area contributed by atoms with Crippen LogP contribution in [0.5, 0.6) is 0 Å². The highest BCUT2D eigenvalue weighted by atomic mass is 35.5. The minimum absolute atomic E-state index is 0.113. The maximum atomic E-state index is 11.8. The fourth-order valence-electron chi connectivity index (χ4n) is 1.67. The molecular weight excluding hydrogens is 317 g/mol. The largest absolute Gasteiger partial charge is 0.467 e. The summed E-state index contributed by atoms with van der Waals surface area (Å²) in [6.07, 6.45) is 0.209. The number of hydrogen-bond donors (Lipinski definition) is 1. The molecule has 0 radical (unpaired) electrons. The maximum absolute atomic E-state index is 11.8. The maximum Gasteiger partial charge on any atom is 0.328 e. The summed E-state index contributed by atoms with van der Waals surface area (Å²) in [7, 11) is 1.26. The number of hydrogen-bond acceptors (Lipinski definition) is 4. The molecular formula is C14H17Cl2NO4. The predicted molar refractivity (Wildman–Crippen MR) is 80.6 cm³/mol. The lowest BCUT2D eigenvalue weighted by Crippen LogP contribution is -2.44. The van der Waals surface area contributed by atoms with Crippen LogP contribution in [0.15, 0.2) is 18.2 Å². The number of halogens is 2. The Kier molecular flexibility index (Phi) is 7.50. The number of methoxy groups -OCH3 is 1. The van der Waals surface area contributed by atoms with E-state index < -0.39 is 17.9 Å². The fourth-order valence-corrected chi connectivity index (χ4v) is 2.16. The number of amides is 1. The van der Waals surface area contributed by atoms with Crippen molar-refractivity contribution < 1.29 is 19.1 Å². The average Bonchev–Trinajstić information content (AvgIpc) is 2.46. The molecule has 0 heterocycles. The Morgan fingerprint density at radius 1 is 1.33 bits per heavy atom.